The summed E-state index contributed by atoms with van der Waals surface area (Å²) in [6, 6.07) is 6.98. The van der Waals surface area contributed by atoms with Gasteiger partial charge in [-0.3, -0.25) is 9.59 Å². The molecule has 2 aliphatic carbocycles. The average Bonchev–Trinajstić information content (AvgIpc) is 3.39. The van der Waals surface area contributed by atoms with Gasteiger partial charge in [0.25, 0.3) is 0 Å². The van der Waals surface area contributed by atoms with Crippen molar-refractivity contribution in [2.45, 2.75) is 38.5 Å². The first-order chi connectivity index (χ1) is 11.6. The van der Waals surface area contributed by atoms with Crippen LogP contribution in [0.5, 0.6) is 0 Å². The number of carbonyl (C=O) groups is 2. The highest BCUT2D eigenvalue weighted by Crippen LogP contribution is 2.39. The fourth-order valence-corrected chi connectivity index (χ4v) is 3.28. The predicted molar refractivity (Wildman–Crippen MR) is 95.9 cm³/mol. The third-order valence-electron chi connectivity index (χ3n) is 4.71. The van der Waals surface area contributed by atoms with E-state index in [9.17, 15) is 9.59 Å². The van der Waals surface area contributed by atoms with E-state index in [1.807, 2.05) is 0 Å². The van der Waals surface area contributed by atoms with Crippen LogP contribution in [0, 0.1) is 11.8 Å². The fourth-order valence-electron chi connectivity index (χ4n) is 3.15. The van der Waals surface area contributed by atoms with Gasteiger partial charge in [-0.15, -0.1) is 0 Å². The van der Waals surface area contributed by atoms with Gasteiger partial charge in [0.1, 0.15) is 0 Å². The molecule has 2 aliphatic rings. The van der Waals surface area contributed by atoms with Crippen molar-refractivity contribution in [2.75, 3.05) is 11.9 Å². The van der Waals surface area contributed by atoms with Gasteiger partial charge >= 0.3 is 0 Å². The molecular formula is C19H23ClN2O2. The molecule has 2 atom stereocenters. The van der Waals surface area contributed by atoms with Crippen LogP contribution in [0.1, 0.15) is 38.5 Å². The molecule has 3 rings (SSSR count). The highest BCUT2D eigenvalue weighted by molar-refractivity contribution is 6.30. The van der Waals surface area contributed by atoms with Crippen LogP contribution < -0.4 is 10.6 Å². The second-order valence-corrected chi connectivity index (χ2v) is 7.03. The fraction of sp³-hybridized carbons (Fsp3) is 0.474. The summed E-state index contributed by atoms with van der Waals surface area (Å²) in [5, 5.41) is 6.44. The smallest absolute Gasteiger partial charge is 0.228 e. The lowest BCUT2D eigenvalue weighted by Crippen LogP contribution is -2.28. The van der Waals surface area contributed by atoms with Crippen molar-refractivity contribution in [1.82, 2.24) is 5.32 Å². The number of hydrogen-bond acceptors (Lipinski definition) is 2. The maximum atomic E-state index is 12.2. The van der Waals surface area contributed by atoms with Crippen LogP contribution in [0.4, 0.5) is 5.69 Å². The lowest BCUT2D eigenvalue weighted by Gasteiger charge is -2.13. The van der Waals surface area contributed by atoms with E-state index in [0.717, 1.165) is 12.8 Å². The van der Waals surface area contributed by atoms with Gasteiger partial charge in [-0.25, -0.2) is 0 Å². The monoisotopic (exact) mass is 346 g/mol. The minimum absolute atomic E-state index is 0.00247. The Labute approximate surface area is 147 Å². The SMILES string of the molecule is O=C(NCCC1=CCCCC1)C1CC1C(=O)Nc1ccc(Cl)cc1. The van der Waals surface area contributed by atoms with Crippen LogP contribution >= 0.6 is 11.6 Å². The summed E-state index contributed by atoms with van der Waals surface area (Å²) in [6.07, 6.45) is 8.73. The van der Waals surface area contributed by atoms with Crippen molar-refractivity contribution in [3.8, 4) is 0 Å². The molecule has 1 aromatic carbocycles. The molecule has 0 radical (unpaired) electrons. The van der Waals surface area contributed by atoms with Crippen LogP contribution in [0.15, 0.2) is 35.9 Å². The molecule has 0 spiro atoms. The Hall–Kier alpha value is -1.81. The number of hydrogen-bond donors (Lipinski definition) is 2. The molecule has 0 aliphatic heterocycles. The zero-order chi connectivity index (χ0) is 16.9. The molecule has 2 amide bonds. The van der Waals surface area contributed by atoms with E-state index in [2.05, 4.69) is 16.7 Å². The van der Waals surface area contributed by atoms with E-state index < -0.39 is 0 Å². The zero-order valence-electron chi connectivity index (χ0n) is 13.7. The minimum Gasteiger partial charge on any atom is -0.356 e. The van der Waals surface area contributed by atoms with Crippen molar-refractivity contribution in [1.29, 1.82) is 0 Å². The molecule has 128 valence electrons. The largest absolute Gasteiger partial charge is 0.356 e. The Balaban J connectivity index is 1.39. The predicted octanol–water partition coefficient (Wildman–Crippen LogP) is 3.92. The van der Waals surface area contributed by atoms with Crippen molar-refractivity contribution >= 4 is 29.1 Å². The second-order valence-electron chi connectivity index (χ2n) is 6.59. The summed E-state index contributed by atoms with van der Waals surface area (Å²) in [5.74, 6) is -0.484. The number of allylic oxidation sites excluding steroid dienone is 1. The number of amides is 2. The molecule has 1 fully saturated rings. The highest BCUT2D eigenvalue weighted by atomic mass is 35.5. The Kier molecular flexibility index (Phi) is 5.56. The van der Waals surface area contributed by atoms with Gasteiger partial charge in [-0.1, -0.05) is 23.3 Å². The third kappa shape index (κ3) is 4.60. The van der Waals surface area contributed by atoms with E-state index in [4.69, 9.17) is 11.6 Å². The van der Waals surface area contributed by atoms with Gasteiger partial charge < -0.3 is 10.6 Å². The molecule has 5 heteroatoms. The van der Waals surface area contributed by atoms with Crippen molar-refractivity contribution in [2.24, 2.45) is 11.8 Å². The molecule has 1 aromatic rings. The summed E-state index contributed by atoms with van der Waals surface area (Å²) in [4.78, 5) is 24.3. The van der Waals surface area contributed by atoms with E-state index in [-0.39, 0.29) is 23.7 Å². The van der Waals surface area contributed by atoms with E-state index in [1.165, 1.54) is 24.8 Å². The van der Waals surface area contributed by atoms with Gasteiger partial charge in [0.2, 0.25) is 11.8 Å². The molecule has 1 saturated carbocycles. The number of benzene rings is 1. The zero-order valence-corrected chi connectivity index (χ0v) is 14.4. The van der Waals surface area contributed by atoms with Crippen LogP contribution in [-0.2, 0) is 9.59 Å². The van der Waals surface area contributed by atoms with Crippen LogP contribution in [-0.4, -0.2) is 18.4 Å². The lowest BCUT2D eigenvalue weighted by atomic mass is 9.97. The number of carbonyl (C=O) groups excluding carboxylic acids is 2. The lowest BCUT2D eigenvalue weighted by molar-refractivity contribution is -0.125. The first kappa shape index (κ1) is 17.0. The van der Waals surface area contributed by atoms with Crippen molar-refractivity contribution < 1.29 is 9.59 Å². The summed E-state index contributed by atoms with van der Waals surface area (Å²) in [7, 11) is 0. The van der Waals surface area contributed by atoms with Gasteiger partial charge in [0.05, 0.1) is 11.8 Å². The van der Waals surface area contributed by atoms with E-state index in [0.29, 0.717) is 23.7 Å². The Morgan fingerprint density at radius 3 is 2.54 bits per heavy atom. The van der Waals surface area contributed by atoms with Crippen LogP contribution in [0.25, 0.3) is 0 Å². The maximum absolute atomic E-state index is 12.2. The number of rotatable bonds is 6. The summed E-state index contributed by atoms with van der Waals surface area (Å²) in [6.45, 7) is 0.673. The van der Waals surface area contributed by atoms with Gasteiger partial charge in [0, 0.05) is 17.3 Å². The molecular weight excluding hydrogens is 324 g/mol. The Morgan fingerprint density at radius 1 is 1.08 bits per heavy atom. The summed E-state index contributed by atoms with van der Waals surface area (Å²) in [5.41, 5.74) is 2.16. The first-order valence-electron chi connectivity index (χ1n) is 8.65. The molecule has 2 unspecified atom stereocenters. The van der Waals surface area contributed by atoms with Crippen LogP contribution in [0.3, 0.4) is 0 Å². The third-order valence-corrected chi connectivity index (χ3v) is 4.96. The van der Waals surface area contributed by atoms with Crippen molar-refractivity contribution in [3.05, 3.63) is 40.9 Å². The minimum atomic E-state index is -0.213. The maximum Gasteiger partial charge on any atom is 0.228 e. The standard InChI is InChI=1S/C19H23ClN2O2/c20-14-6-8-15(9-7-14)22-19(24)17-12-16(17)18(23)21-11-10-13-4-2-1-3-5-13/h4,6-9,16-17H,1-3,5,10-12H2,(H,21,23)(H,22,24). The highest BCUT2D eigenvalue weighted by Gasteiger charge is 2.47. The summed E-state index contributed by atoms with van der Waals surface area (Å²) >= 11 is 5.82. The number of anilines is 1. The van der Waals surface area contributed by atoms with Gasteiger partial charge in [0.15, 0.2) is 0 Å². The van der Waals surface area contributed by atoms with Gasteiger partial charge in [-0.05, 0) is 62.8 Å². The number of halogens is 1. The molecule has 0 saturated heterocycles. The molecule has 0 bridgehead atoms. The molecule has 0 aromatic heterocycles. The van der Waals surface area contributed by atoms with Crippen molar-refractivity contribution in [3.63, 3.8) is 0 Å². The normalized spacial score (nSPS) is 22.5. The molecule has 2 N–H and O–H groups in total. The summed E-state index contributed by atoms with van der Waals surface area (Å²) < 4.78 is 0. The molecule has 24 heavy (non-hydrogen) atoms. The molecule has 0 heterocycles. The molecule has 4 nitrogen and oxygen atoms in total. The topological polar surface area (TPSA) is 58.2 Å². The quantitative estimate of drug-likeness (QED) is 0.767. The van der Waals surface area contributed by atoms with E-state index >= 15 is 0 Å². The number of nitrogens with one attached hydrogen (secondary N) is 2. The average molecular weight is 347 g/mol. The van der Waals surface area contributed by atoms with E-state index in [1.54, 1.807) is 24.3 Å². The van der Waals surface area contributed by atoms with Gasteiger partial charge in [-0.2, -0.15) is 0 Å². The first-order valence-corrected chi connectivity index (χ1v) is 9.03. The second kappa shape index (κ2) is 7.84. The Bertz CT molecular complexity index is 639. The Morgan fingerprint density at radius 2 is 1.83 bits per heavy atom. The van der Waals surface area contributed by atoms with Crippen LogP contribution in [0.2, 0.25) is 5.02 Å².